The van der Waals surface area contributed by atoms with Crippen LogP contribution in [0.3, 0.4) is 0 Å². The molecule has 1 fully saturated rings. The number of hydrogen-bond donors (Lipinski definition) is 1. The zero-order valence-corrected chi connectivity index (χ0v) is 15.0. The number of rotatable bonds is 6. The van der Waals surface area contributed by atoms with Gasteiger partial charge in [-0.15, -0.1) is 0 Å². The van der Waals surface area contributed by atoms with Gasteiger partial charge in [-0.3, -0.25) is 10.1 Å². The summed E-state index contributed by atoms with van der Waals surface area (Å²) in [5, 5.41) is 14.0. The third-order valence-electron chi connectivity index (χ3n) is 5.00. The molecule has 6 nitrogen and oxygen atoms in total. The van der Waals surface area contributed by atoms with Crippen molar-refractivity contribution >= 4 is 17.4 Å². The normalized spacial score (nSPS) is 14.5. The van der Waals surface area contributed by atoms with Crippen molar-refractivity contribution in [3.63, 3.8) is 0 Å². The van der Waals surface area contributed by atoms with E-state index in [-0.39, 0.29) is 17.8 Å². The van der Waals surface area contributed by atoms with Gasteiger partial charge in [0.25, 0.3) is 5.69 Å². The van der Waals surface area contributed by atoms with Gasteiger partial charge in [0.1, 0.15) is 0 Å². The molecule has 3 rings (SSSR count). The van der Waals surface area contributed by atoms with E-state index in [0.29, 0.717) is 23.7 Å². The van der Waals surface area contributed by atoms with Crippen molar-refractivity contribution in [3.05, 3.63) is 69.8 Å². The summed E-state index contributed by atoms with van der Waals surface area (Å²) in [6, 6.07) is 14.5. The lowest BCUT2D eigenvalue weighted by atomic mass is 10.1. The summed E-state index contributed by atoms with van der Waals surface area (Å²) in [5.74, 6) is 0.524. The molecule has 26 heavy (non-hydrogen) atoms. The number of anilines is 1. The number of nitro benzene ring substituents is 1. The summed E-state index contributed by atoms with van der Waals surface area (Å²) >= 11 is 0. The molecule has 6 heteroatoms. The van der Waals surface area contributed by atoms with Crippen molar-refractivity contribution in [1.82, 2.24) is 4.90 Å². The predicted molar refractivity (Wildman–Crippen MR) is 101 cm³/mol. The number of amides is 2. The van der Waals surface area contributed by atoms with Gasteiger partial charge in [-0.25, -0.2) is 4.79 Å². The molecule has 1 N–H and O–H groups in total. The number of nitrogens with one attached hydrogen (secondary N) is 1. The molecule has 1 saturated carbocycles. The molecule has 2 amide bonds. The minimum absolute atomic E-state index is 0.00708. The average molecular weight is 353 g/mol. The second kappa shape index (κ2) is 7.56. The van der Waals surface area contributed by atoms with Crippen molar-refractivity contribution in [2.75, 3.05) is 5.32 Å². The summed E-state index contributed by atoms with van der Waals surface area (Å²) < 4.78 is 0. The van der Waals surface area contributed by atoms with E-state index in [1.807, 2.05) is 35.2 Å². The molecule has 1 unspecified atom stereocenters. The van der Waals surface area contributed by atoms with Gasteiger partial charge in [0.2, 0.25) is 0 Å². The molecule has 1 aliphatic rings. The average Bonchev–Trinajstić information content (AvgIpc) is 3.46. The van der Waals surface area contributed by atoms with Crippen LogP contribution in [0.5, 0.6) is 0 Å². The molecule has 2 aromatic rings. The summed E-state index contributed by atoms with van der Waals surface area (Å²) in [6.07, 6.45) is 2.27. The van der Waals surface area contributed by atoms with Crippen molar-refractivity contribution in [2.45, 2.75) is 39.3 Å². The van der Waals surface area contributed by atoms with Crippen LogP contribution in [0.4, 0.5) is 16.2 Å². The molecule has 2 aromatic carbocycles. The van der Waals surface area contributed by atoms with Gasteiger partial charge >= 0.3 is 6.03 Å². The maximum atomic E-state index is 13.0. The monoisotopic (exact) mass is 353 g/mol. The first-order chi connectivity index (χ1) is 12.5. The highest BCUT2D eigenvalue weighted by molar-refractivity contribution is 5.91. The Labute approximate surface area is 153 Å². The van der Waals surface area contributed by atoms with E-state index in [4.69, 9.17) is 0 Å². The topological polar surface area (TPSA) is 75.5 Å². The number of nitrogens with zero attached hydrogens (tertiary/aromatic N) is 2. The highest BCUT2D eigenvalue weighted by Crippen LogP contribution is 2.36. The summed E-state index contributed by atoms with van der Waals surface area (Å²) in [7, 11) is 0. The first-order valence-corrected chi connectivity index (χ1v) is 8.83. The van der Waals surface area contributed by atoms with Crippen molar-refractivity contribution in [3.8, 4) is 0 Å². The van der Waals surface area contributed by atoms with Gasteiger partial charge in [-0.1, -0.05) is 36.4 Å². The highest BCUT2D eigenvalue weighted by atomic mass is 16.6. The molecule has 0 saturated heterocycles. The Kier molecular flexibility index (Phi) is 5.21. The standard InChI is InChI=1S/C20H23N3O3/c1-14-18(9-6-10-19(14)23(25)26)21-20(24)22(15(2)17-11-12-17)13-16-7-4-3-5-8-16/h3-10,15,17H,11-13H2,1-2H3,(H,21,24). The third-order valence-corrected chi connectivity index (χ3v) is 5.00. The van der Waals surface area contributed by atoms with E-state index in [1.165, 1.54) is 6.07 Å². The van der Waals surface area contributed by atoms with Crippen LogP contribution in [0.25, 0.3) is 0 Å². The number of hydrogen-bond acceptors (Lipinski definition) is 3. The number of carbonyl (C=O) groups excluding carboxylic acids is 1. The smallest absolute Gasteiger partial charge is 0.317 e. The lowest BCUT2D eigenvalue weighted by Crippen LogP contribution is -2.42. The molecule has 0 radical (unpaired) electrons. The maximum Gasteiger partial charge on any atom is 0.322 e. The Balaban J connectivity index is 1.81. The van der Waals surface area contributed by atoms with Gasteiger partial charge in [0.05, 0.1) is 16.2 Å². The second-order valence-corrected chi connectivity index (χ2v) is 6.83. The summed E-state index contributed by atoms with van der Waals surface area (Å²) in [4.78, 5) is 25.5. The molecule has 136 valence electrons. The van der Waals surface area contributed by atoms with E-state index in [9.17, 15) is 14.9 Å². The van der Waals surface area contributed by atoms with E-state index >= 15 is 0 Å². The largest absolute Gasteiger partial charge is 0.322 e. The molecular formula is C20H23N3O3. The van der Waals surface area contributed by atoms with Crippen LogP contribution in [-0.4, -0.2) is 21.9 Å². The molecule has 0 bridgehead atoms. The fourth-order valence-corrected chi connectivity index (χ4v) is 3.16. The van der Waals surface area contributed by atoms with Crippen LogP contribution in [0, 0.1) is 23.0 Å². The lowest BCUT2D eigenvalue weighted by molar-refractivity contribution is -0.385. The summed E-state index contributed by atoms with van der Waals surface area (Å²) in [5.41, 5.74) is 2.01. The third kappa shape index (κ3) is 4.02. The number of benzene rings is 2. The quantitative estimate of drug-likeness (QED) is 0.602. The SMILES string of the molecule is Cc1c(NC(=O)N(Cc2ccccc2)C(C)C2CC2)cccc1[N+](=O)[O-]. The van der Waals surface area contributed by atoms with E-state index in [2.05, 4.69) is 12.2 Å². The van der Waals surface area contributed by atoms with E-state index in [0.717, 1.165) is 18.4 Å². The lowest BCUT2D eigenvalue weighted by Gasteiger charge is -2.30. The van der Waals surface area contributed by atoms with Crippen LogP contribution in [0.1, 0.15) is 30.9 Å². The Morgan fingerprint density at radius 1 is 1.23 bits per heavy atom. The van der Waals surface area contributed by atoms with E-state index in [1.54, 1.807) is 19.1 Å². The van der Waals surface area contributed by atoms with Crippen LogP contribution in [-0.2, 0) is 6.54 Å². The molecule has 0 aromatic heterocycles. The number of nitro groups is 1. The zero-order chi connectivity index (χ0) is 18.7. The van der Waals surface area contributed by atoms with Crippen molar-refractivity contribution < 1.29 is 9.72 Å². The Morgan fingerprint density at radius 3 is 2.54 bits per heavy atom. The van der Waals surface area contributed by atoms with Crippen molar-refractivity contribution in [1.29, 1.82) is 0 Å². The minimum Gasteiger partial charge on any atom is -0.317 e. The Hall–Kier alpha value is -2.89. The molecule has 0 spiro atoms. The molecule has 0 aliphatic heterocycles. The minimum atomic E-state index is -0.431. The van der Waals surface area contributed by atoms with Gasteiger partial charge in [-0.05, 0) is 44.2 Å². The van der Waals surface area contributed by atoms with Crippen molar-refractivity contribution in [2.24, 2.45) is 5.92 Å². The molecule has 0 heterocycles. The van der Waals surface area contributed by atoms with Crippen LogP contribution in [0.2, 0.25) is 0 Å². The van der Waals surface area contributed by atoms with Crippen LogP contribution < -0.4 is 5.32 Å². The predicted octanol–water partition coefficient (Wildman–Crippen LogP) is 4.74. The Morgan fingerprint density at radius 2 is 1.92 bits per heavy atom. The maximum absolute atomic E-state index is 13.0. The number of carbonyl (C=O) groups is 1. The fraction of sp³-hybridized carbons (Fsp3) is 0.350. The van der Waals surface area contributed by atoms with E-state index < -0.39 is 4.92 Å². The first kappa shape index (κ1) is 17.9. The zero-order valence-electron chi connectivity index (χ0n) is 15.0. The summed E-state index contributed by atoms with van der Waals surface area (Å²) in [6.45, 7) is 4.23. The van der Waals surface area contributed by atoms with Crippen LogP contribution >= 0.6 is 0 Å². The van der Waals surface area contributed by atoms with Gasteiger partial charge in [-0.2, -0.15) is 0 Å². The van der Waals surface area contributed by atoms with Crippen LogP contribution in [0.15, 0.2) is 48.5 Å². The Bertz CT molecular complexity index is 803. The fourth-order valence-electron chi connectivity index (χ4n) is 3.16. The molecular weight excluding hydrogens is 330 g/mol. The molecule has 1 aliphatic carbocycles. The second-order valence-electron chi connectivity index (χ2n) is 6.83. The van der Waals surface area contributed by atoms with Gasteiger partial charge in [0, 0.05) is 18.7 Å². The van der Waals surface area contributed by atoms with Gasteiger partial charge in [0.15, 0.2) is 0 Å². The first-order valence-electron chi connectivity index (χ1n) is 8.83. The highest BCUT2D eigenvalue weighted by Gasteiger charge is 2.34. The van der Waals surface area contributed by atoms with Gasteiger partial charge < -0.3 is 10.2 Å². The molecule has 1 atom stereocenters. The number of urea groups is 1.